The molecule has 2 aromatic heterocycles. The highest BCUT2D eigenvalue weighted by Gasteiger charge is 2.12. The fourth-order valence-electron chi connectivity index (χ4n) is 2.41. The minimum Gasteiger partial charge on any atom is -0.444 e. The van der Waals surface area contributed by atoms with Crippen LogP contribution in [0.2, 0.25) is 0 Å². The van der Waals surface area contributed by atoms with Gasteiger partial charge in [-0.2, -0.15) is 0 Å². The summed E-state index contributed by atoms with van der Waals surface area (Å²) in [6, 6.07) is 11.4. The van der Waals surface area contributed by atoms with Crippen LogP contribution in [0.3, 0.4) is 0 Å². The molecule has 0 radical (unpaired) electrons. The van der Waals surface area contributed by atoms with Crippen LogP contribution in [-0.2, 0) is 11.3 Å². The fourth-order valence-corrected chi connectivity index (χ4v) is 2.67. The molecule has 26 heavy (non-hydrogen) atoms. The Kier molecular flexibility index (Phi) is 5.80. The van der Waals surface area contributed by atoms with Crippen LogP contribution in [0.15, 0.2) is 57.7 Å². The number of amides is 1. The van der Waals surface area contributed by atoms with Crippen molar-refractivity contribution in [2.24, 2.45) is 0 Å². The predicted octanol–water partition coefficient (Wildman–Crippen LogP) is 3.88. The predicted molar refractivity (Wildman–Crippen MR) is 104 cm³/mol. The second-order valence-electron chi connectivity index (χ2n) is 6.09. The average Bonchev–Trinajstić information content (AvgIpc) is 3.05. The number of nitrogens with one attached hydrogen (secondary N) is 1. The molecule has 3 aromatic rings. The molecule has 7 heteroatoms. The molecule has 2 heterocycles. The van der Waals surface area contributed by atoms with Gasteiger partial charge in [-0.1, -0.05) is 22.0 Å². The molecular formula is C19H19BrN4O2. The van der Waals surface area contributed by atoms with Gasteiger partial charge in [-0.3, -0.25) is 9.69 Å². The lowest BCUT2D eigenvalue weighted by molar-refractivity contribution is -0.117. The van der Waals surface area contributed by atoms with Gasteiger partial charge in [0.1, 0.15) is 12.1 Å². The second-order valence-corrected chi connectivity index (χ2v) is 7.01. The van der Waals surface area contributed by atoms with Gasteiger partial charge < -0.3 is 9.73 Å². The minimum absolute atomic E-state index is 0.125. The maximum Gasteiger partial charge on any atom is 0.239 e. The first-order chi connectivity index (χ1) is 12.5. The van der Waals surface area contributed by atoms with Crippen LogP contribution in [0.25, 0.3) is 11.5 Å². The Bertz CT molecular complexity index is 875. The van der Waals surface area contributed by atoms with Crippen molar-refractivity contribution < 1.29 is 9.21 Å². The highest BCUT2D eigenvalue weighted by molar-refractivity contribution is 9.10. The minimum atomic E-state index is -0.125. The van der Waals surface area contributed by atoms with E-state index in [0.717, 1.165) is 21.3 Å². The molecule has 0 saturated carbocycles. The first kappa shape index (κ1) is 18.3. The summed E-state index contributed by atoms with van der Waals surface area (Å²) in [4.78, 5) is 22.6. The Morgan fingerprint density at radius 3 is 2.69 bits per heavy atom. The lowest BCUT2D eigenvalue weighted by Crippen LogP contribution is -2.30. The molecule has 0 fully saturated rings. The van der Waals surface area contributed by atoms with E-state index in [4.69, 9.17) is 4.42 Å². The molecule has 0 saturated heterocycles. The Hall–Kier alpha value is -2.51. The second kappa shape index (κ2) is 8.25. The van der Waals surface area contributed by atoms with Crippen molar-refractivity contribution in [2.45, 2.75) is 13.5 Å². The third kappa shape index (κ3) is 5.00. The molecule has 134 valence electrons. The van der Waals surface area contributed by atoms with E-state index in [9.17, 15) is 4.79 Å². The van der Waals surface area contributed by atoms with Gasteiger partial charge in [0.05, 0.1) is 12.2 Å². The molecule has 0 unspecified atom stereocenters. The van der Waals surface area contributed by atoms with Crippen LogP contribution in [0, 0.1) is 6.92 Å². The highest BCUT2D eigenvalue weighted by atomic mass is 79.9. The number of benzene rings is 1. The van der Waals surface area contributed by atoms with E-state index in [1.54, 1.807) is 18.5 Å². The molecule has 1 N–H and O–H groups in total. The maximum absolute atomic E-state index is 12.1. The zero-order chi connectivity index (χ0) is 18.5. The van der Waals surface area contributed by atoms with Crippen molar-refractivity contribution in [3.63, 3.8) is 0 Å². The highest BCUT2D eigenvalue weighted by Crippen LogP contribution is 2.21. The van der Waals surface area contributed by atoms with Gasteiger partial charge in [0.15, 0.2) is 0 Å². The average molecular weight is 415 g/mol. The summed E-state index contributed by atoms with van der Waals surface area (Å²) in [5.74, 6) is 0.989. The smallest absolute Gasteiger partial charge is 0.239 e. The summed E-state index contributed by atoms with van der Waals surface area (Å²) in [5, 5.41) is 2.78. The molecule has 1 aromatic carbocycles. The Morgan fingerprint density at radius 1 is 1.23 bits per heavy atom. The number of carbonyl (C=O) groups is 1. The van der Waals surface area contributed by atoms with Crippen LogP contribution in [0.1, 0.15) is 11.3 Å². The van der Waals surface area contributed by atoms with Crippen molar-refractivity contribution in [2.75, 3.05) is 18.9 Å². The summed E-state index contributed by atoms with van der Waals surface area (Å²) in [6.45, 7) is 2.69. The summed E-state index contributed by atoms with van der Waals surface area (Å²) in [7, 11) is 1.86. The molecule has 6 nitrogen and oxygen atoms in total. The molecule has 0 spiro atoms. The summed E-state index contributed by atoms with van der Waals surface area (Å²) < 4.78 is 6.54. The molecule has 3 rings (SSSR count). The zero-order valence-electron chi connectivity index (χ0n) is 14.6. The summed E-state index contributed by atoms with van der Waals surface area (Å²) in [6.07, 6.45) is 3.34. The van der Waals surface area contributed by atoms with Crippen molar-refractivity contribution in [3.8, 4) is 11.5 Å². The summed E-state index contributed by atoms with van der Waals surface area (Å²) >= 11 is 3.41. The largest absolute Gasteiger partial charge is 0.444 e. The first-order valence-electron chi connectivity index (χ1n) is 8.11. The van der Waals surface area contributed by atoms with Crippen LogP contribution in [0.4, 0.5) is 5.82 Å². The van der Waals surface area contributed by atoms with E-state index in [0.29, 0.717) is 18.3 Å². The zero-order valence-corrected chi connectivity index (χ0v) is 16.2. The maximum atomic E-state index is 12.1. The van der Waals surface area contributed by atoms with E-state index < -0.39 is 0 Å². The number of carbonyl (C=O) groups excluding carboxylic acids is 1. The SMILES string of the molecule is Cc1ccc(NC(=O)CN(C)Cc2coc(-c3ccc(Br)cc3)n2)nc1. The first-order valence-corrected chi connectivity index (χ1v) is 8.90. The van der Waals surface area contributed by atoms with E-state index >= 15 is 0 Å². The third-order valence-electron chi connectivity index (χ3n) is 3.67. The number of nitrogens with zero attached hydrogens (tertiary/aromatic N) is 3. The number of halogens is 1. The number of hydrogen-bond acceptors (Lipinski definition) is 5. The van der Waals surface area contributed by atoms with Gasteiger partial charge in [-0.25, -0.2) is 9.97 Å². The van der Waals surface area contributed by atoms with E-state index in [1.165, 1.54) is 0 Å². The number of pyridine rings is 1. The monoisotopic (exact) mass is 414 g/mol. The molecule has 0 aliphatic carbocycles. The number of aromatic nitrogens is 2. The number of hydrogen-bond donors (Lipinski definition) is 1. The number of oxazole rings is 1. The van der Waals surface area contributed by atoms with Crippen molar-refractivity contribution in [3.05, 3.63) is 64.6 Å². The van der Waals surface area contributed by atoms with Gasteiger partial charge in [0.25, 0.3) is 0 Å². The molecule has 1 amide bonds. The number of rotatable bonds is 6. The number of aryl methyl sites for hydroxylation is 1. The van der Waals surface area contributed by atoms with E-state index in [-0.39, 0.29) is 12.5 Å². The van der Waals surface area contributed by atoms with Gasteiger partial charge in [0.2, 0.25) is 11.8 Å². The Balaban J connectivity index is 1.54. The van der Waals surface area contributed by atoms with Gasteiger partial charge in [-0.05, 0) is 49.9 Å². The molecule has 0 aliphatic rings. The number of anilines is 1. The van der Waals surface area contributed by atoms with Crippen LogP contribution in [-0.4, -0.2) is 34.4 Å². The van der Waals surface area contributed by atoms with Crippen molar-refractivity contribution >= 4 is 27.7 Å². The number of likely N-dealkylation sites (N-methyl/N-ethyl adjacent to an activating group) is 1. The van der Waals surface area contributed by atoms with Crippen LogP contribution < -0.4 is 5.32 Å². The fraction of sp³-hybridized carbons (Fsp3) is 0.211. The molecular weight excluding hydrogens is 396 g/mol. The normalized spacial score (nSPS) is 10.9. The molecule has 0 aliphatic heterocycles. The van der Waals surface area contributed by atoms with E-state index in [2.05, 4.69) is 31.2 Å². The van der Waals surface area contributed by atoms with Gasteiger partial charge in [0, 0.05) is 22.8 Å². The van der Waals surface area contributed by atoms with E-state index in [1.807, 2.05) is 49.2 Å². The van der Waals surface area contributed by atoms with Crippen molar-refractivity contribution in [1.29, 1.82) is 0 Å². The standard InChI is InChI=1S/C19H19BrN4O2/c1-13-3-8-17(21-9-13)23-18(25)11-24(2)10-16-12-26-19(22-16)14-4-6-15(20)7-5-14/h3-9,12H,10-11H2,1-2H3,(H,21,23,25). The van der Waals surface area contributed by atoms with Gasteiger partial charge >= 0.3 is 0 Å². The molecule has 0 atom stereocenters. The Morgan fingerprint density at radius 2 is 2.00 bits per heavy atom. The van der Waals surface area contributed by atoms with Crippen LogP contribution >= 0.6 is 15.9 Å². The quantitative estimate of drug-likeness (QED) is 0.662. The summed E-state index contributed by atoms with van der Waals surface area (Å²) in [5.41, 5.74) is 2.73. The van der Waals surface area contributed by atoms with Crippen LogP contribution in [0.5, 0.6) is 0 Å². The topological polar surface area (TPSA) is 71.3 Å². The Labute approximate surface area is 160 Å². The van der Waals surface area contributed by atoms with Crippen molar-refractivity contribution in [1.82, 2.24) is 14.9 Å². The molecule has 0 bridgehead atoms. The third-order valence-corrected chi connectivity index (χ3v) is 4.20. The lowest BCUT2D eigenvalue weighted by atomic mass is 10.2. The van der Waals surface area contributed by atoms with Gasteiger partial charge in [-0.15, -0.1) is 0 Å². The lowest BCUT2D eigenvalue weighted by Gasteiger charge is -2.14.